The summed E-state index contributed by atoms with van der Waals surface area (Å²) in [7, 11) is -7.70. The van der Waals surface area contributed by atoms with Gasteiger partial charge in [0.05, 0.1) is 40.6 Å². The standard InChI is InChI=1S/C24H31N5O6S3/c1-3-4-9-29-21-8-6-18(37(25,31)32)15-20(21)27-24(29)36-16-23(30)26-19-7-5-17(2)14-22(19)38(33,34)28-10-12-35-13-11-28/h5-8,14-15H,3-4,9-13,16H2,1-2H3,(H,26,30)(H2,25,31,32). The van der Waals surface area contributed by atoms with Gasteiger partial charge in [-0.15, -0.1) is 0 Å². The van der Waals surface area contributed by atoms with Gasteiger partial charge < -0.3 is 14.6 Å². The molecule has 0 atom stereocenters. The Labute approximate surface area is 226 Å². The summed E-state index contributed by atoms with van der Waals surface area (Å²) < 4.78 is 58.8. The first-order chi connectivity index (χ1) is 18.0. The number of anilines is 1. The number of nitrogens with zero attached hydrogens (tertiary/aromatic N) is 3. The molecule has 2 heterocycles. The Balaban J connectivity index is 1.55. The van der Waals surface area contributed by atoms with E-state index in [0.29, 0.717) is 30.4 Å². The highest BCUT2D eigenvalue weighted by molar-refractivity contribution is 7.99. The number of rotatable bonds is 10. The fourth-order valence-electron chi connectivity index (χ4n) is 4.10. The zero-order chi connectivity index (χ0) is 27.5. The first kappa shape index (κ1) is 28.5. The Bertz CT molecular complexity index is 1550. The van der Waals surface area contributed by atoms with Crippen LogP contribution in [-0.4, -0.2) is 68.7 Å². The summed E-state index contributed by atoms with van der Waals surface area (Å²) in [6.45, 7) is 5.64. The summed E-state index contributed by atoms with van der Waals surface area (Å²) in [6, 6.07) is 9.42. The Morgan fingerprint density at radius 2 is 1.87 bits per heavy atom. The van der Waals surface area contributed by atoms with Crippen LogP contribution in [0.4, 0.5) is 5.69 Å². The number of hydrogen-bond donors (Lipinski definition) is 2. The van der Waals surface area contributed by atoms with Gasteiger partial charge >= 0.3 is 0 Å². The Morgan fingerprint density at radius 3 is 2.55 bits per heavy atom. The second-order valence-corrected chi connectivity index (χ2v) is 13.4. The van der Waals surface area contributed by atoms with E-state index in [1.54, 1.807) is 31.2 Å². The highest BCUT2D eigenvalue weighted by Gasteiger charge is 2.29. The number of benzene rings is 2. The summed E-state index contributed by atoms with van der Waals surface area (Å²) in [6.07, 6.45) is 1.81. The van der Waals surface area contributed by atoms with Crippen molar-refractivity contribution in [3.8, 4) is 0 Å². The lowest BCUT2D eigenvalue weighted by molar-refractivity contribution is -0.113. The van der Waals surface area contributed by atoms with Crippen LogP contribution in [0.3, 0.4) is 0 Å². The molecule has 2 aromatic carbocycles. The average molecular weight is 582 g/mol. The molecule has 0 bridgehead atoms. The van der Waals surface area contributed by atoms with Gasteiger partial charge in [-0.05, 0) is 49.2 Å². The van der Waals surface area contributed by atoms with Crippen LogP contribution < -0.4 is 10.5 Å². The van der Waals surface area contributed by atoms with Crippen molar-refractivity contribution < 1.29 is 26.4 Å². The first-order valence-corrected chi connectivity index (χ1v) is 16.1. The monoisotopic (exact) mass is 581 g/mol. The number of amides is 1. The summed E-state index contributed by atoms with van der Waals surface area (Å²) >= 11 is 1.19. The zero-order valence-electron chi connectivity index (χ0n) is 21.2. The van der Waals surface area contributed by atoms with E-state index in [4.69, 9.17) is 9.88 Å². The molecule has 1 aliphatic rings. The van der Waals surface area contributed by atoms with E-state index in [1.807, 2.05) is 4.57 Å². The van der Waals surface area contributed by atoms with Crippen LogP contribution in [0.15, 0.2) is 51.3 Å². The van der Waals surface area contributed by atoms with Crippen LogP contribution in [0.25, 0.3) is 11.0 Å². The Morgan fingerprint density at radius 1 is 1.13 bits per heavy atom. The van der Waals surface area contributed by atoms with Crippen molar-refractivity contribution in [2.24, 2.45) is 5.14 Å². The average Bonchev–Trinajstić information content (AvgIpc) is 3.23. The summed E-state index contributed by atoms with van der Waals surface area (Å²) in [5.41, 5.74) is 2.18. The van der Waals surface area contributed by atoms with Gasteiger partial charge in [-0.1, -0.05) is 31.2 Å². The molecule has 11 nitrogen and oxygen atoms in total. The topological polar surface area (TPSA) is 154 Å². The van der Waals surface area contributed by atoms with E-state index in [0.717, 1.165) is 23.9 Å². The highest BCUT2D eigenvalue weighted by Crippen LogP contribution is 2.29. The van der Waals surface area contributed by atoms with Gasteiger partial charge in [0.2, 0.25) is 26.0 Å². The molecule has 0 aliphatic carbocycles. The van der Waals surface area contributed by atoms with Gasteiger partial charge in [0.25, 0.3) is 0 Å². The highest BCUT2D eigenvalue weighted by atomic mass is 32.2. The molecular weight excluding hydrogens is 550 g/mol. The van der Waals surface area contributed by atoms with Crippen molar-refractivity contribution in [2.45, 2.75) is 48.2 Å². The second-order valence-electron chi connectivity index (χ2n) is 8.95. The molecule has 38 heavy (non-hydrogen) atoms. The number of aryl methyl sites for hydroxylation is 2. The third kappa shape index (κ3) is 6.38. The number of unbranched alkanes of at least 4 members (excludes halogenated alkanes) is 1. The maximum atomic E-state index is 13.3. The van der Waals surface area contributed by atoms with Crippen LogP contribution in [0.5, 0.6) is 0 Å². The number of morpholine rings is 1. The molecule has 3 aromatic rings. The maximum absolute atomic E-state index is 13.3. The minimum absolute atomic E-state index is 0.0254. The lowest BCUT2D eigenvalue weighted by Gasteiger charge is -2.27. The van der Waals surface area contributed by atoms with Crippen molar-refractivity contribution in [3.63, 3.8) is 0 Å². The maximum Gasteiger partial charge on any atom is 0.245 e. The Hall–Kier alpha value is -2.49. The van der Waals surface area contributed by atoms with E-state index >= 15 is 0 Å². The number of hydrogen-bond acceptors (Lipinski definition) is 8. The number of carbonyl (C=O) groups excluding carboxylic acids is 1. The molecule has 1 amide bonds. The minimum atomic E-state index is -3.88. The molecule has 1 aromatic heterocycles. The smallest absolute Gasteiger partial charge is 0.245 e. The van der Waals surface area contributed by atoms with E-state index in [1.165, 1.54) is 28.2 Å². The molecule has 3 N–H and O–H groups in total. The third-order valence-corrected chi connectivity index (χ3v) is 9.91. The van der Waals surface area contributed by atoms with Gasteiger partial charge in [0.15, 0.2) is 5.16 Å². The molecule has 4 rings (SSSR count). The number of thioether (sulfide) groups is 1. The van der Waals surface area contributed by atoms with Crippen molar-refractivity contribution in [1.82, 2.24) is 13.9 Å². The summed E-state index contributed by atoms with van der Waals surface area (Å²) in [5.74, 6) is -0.417. The van der Waals surface area contributed by atoms with Crippen molar-refractivity contribution in [1.29, 1.82) is 0 Å². The lowest BCUT2D eigenvalue weighted by atomic mass is 10.2. The third-order valence-electron chi connectivity index (χ3n) is 6.08. The zero-order valence-corrected chi connectivity index (χ0v) is 23.7. The Kier molecular flexibility index (Phi) is 8.79. The van der Waals surface area contributed by atoms with Gasteiger partial charge in [-0.25, -0.2) is 27.0 Å². The van der Waals surface area contributed by atoms with Crippen molar-refractivity contribution >= 4 is 54.4 Å². The number of sulfonamides is 2. The molecule has 1 aliphatic heterocycles. The van der Waals surface area contributed by atoms with Crippen molar-refractivity contribution in [2.75, 3.05) is 37.4 Å². The first-order valence-electron chi connectivity index (χ1n) is 12.1. The summed E-state index contributed by atoms with van der Waals surface area (Å²) in [5, 5.41) is 8.58. The molecule has 1 saturated heterocycles. The summed E-state index contributed by atoms with van der Waals surface area (Å²) in [4.78, 5) is 17.5. The fraction of sp³-hybridized carbons (Fsp3) is 0.417. The van der Waals surface area contributed by atoms with Gasteiger partial charge in [-0.2, -0.15) is 4.31 Å². The van der Waals surface area contributed by atoms with Crippen LogP contribution in [-0.2, 0) is 36.1 Å². The second kappa shape index (κ2) is 11.7. The quantitative estimate of drug-likeness (QED) is 0.346. The van der Waals surface area contributed by atoms with Gasteiger partial charge in [0, 0.05) is 19.6 Å². The van der Waals surface area contributed by atoms with Crippen LogP contribution in [0, 0.1) is 6.92 Å². The number of aromatic nitrogens is 2. The van der Waals surface area contributed by atoms with E-state index in [9.17, 15) is 21.6 Å². The fourth-order valence-corrected chi connectivity index (χ4v) is 7.11. The van der Waals surface area contributed by atoms with Gasteiger partial charge in [-0.3, -0.25) is 4.79 Å². The lowest BCUT2D eigenvalue weighted by Crippen LogP contribution is -2.41. The number of nitrogens with one attached hydrogen (secondary N) is 1. The molecule has 0 unspecified atom stereocenters. The molecular formula is C24H31N5O6S3. The molecule has 206 valence electrons. The van der Waals surface area contributed by atoms with Gasteiger partial charge in [0.1, 0.15) is 4.90 Å². The van der Waals surface area contributed by atoms with Crippen LogP contribution in [0.1, 0.15) is 25.3 Å². The van der Waals surface area contributed by atoms with E-state index < -0.39 is 26.0 Å². The van der Waals surface area contributed by atoms with Crippen LogP contribution >= 0.6 is 11.8 Å². The largest absolute Gasteiger partial charge is 0.379 e. The van der Waals surface area contributed by atoms with Crippen LogP contribution in [0.2, 0.25) is 0 Å². The molecule has 0 spiro atoms. The SMILES string of the molecule is CCCCn1c(SCC(=O)Nc2ccc(C)cc2S(=O)(=O)N2CCOCC2)nc2cc(S(N)(=O)=O)ccc21. The van der Waals surface area contributed by atoms with Crippen molar-refractivity contribution in [3.05, 3.63) is 42.0 Å². The minimum Gasteiger partial charge on any atom is -0.379 e. The normalized spacial score (nSPS) is 15.1. The number of nitrogens with two attached hydrogens (primary N) is 1. The van der Waals surface area contributed by atoms with E-state index in [-0.39, 0.29) is 34.3 Å². The number of imidazole rings is 1. The molecule has 0 saturated carbocycles. The number of fused-ring (bicyclic) bond motifs is 1. The van der Waals surface area contributed by atoms with E-state index in [2.05, 4.69) is 17.2 Å². The molecule has 0 radical (unpaired) electrons. The molecule has 14 heteroatoms. The number of primary sulfonamides is 1. The predicted molar refractivity (Wildman–Crippen MR) is 146 cm³/mol. The number of ether oxygens (including phenoxy) is 1. The predicted octanol–water partition coefficient (Wildman–Crippen LogP) is 2.54. The number of carbonyl (C=O) groups is 1. The molecule has 1 fully saturated rings.